The second kappa shape index (κ2) is 25.2. The van der Waals surface area contributed by atoms with Crippen LogP contribution in [-0.2, 0) is 88.0 Å². The predicted octanol–water partition coefficient (Wildman–Crippen LogP) is 2.42. The van der Waals surface area contributed by atoms with Crippen molar-refractivity contribution in [2.24, 2.45) is 0 Å². The average molecular weight is 594 g/mol. The average Bonchev–Trinajstić information content (AvgIpc) is 3.22. The summed E-state index contributed by atoms with van der Waals surface area (Å²) in [6.45, 7) is 17.8. The third-order valence-corrected chi connectivity index (χ3v) is 3.31. The molecule has 0 amide bonds. The van der Waals surface area contributed by atoms with Crippen molar-refractivity contribution in [1.82, 2.24) is 29.1 Å². The summed E-state index contributed by atoms with van der Waals surface area (Å²) in [6, 6.07) is 1.60. The number of fused-ring (bicyclic) bond motifs is 1. The van der Waals surface area contributed by atoms with Gasteiger partial charge in [0.2, 0.25) is 5.69 Å². The Labute approximate surface area is 241 Å². The second-order valence-electron chi connectivity index (χ2n) is 5.02. The van der Waals surface area contributed by atoms with Gasteiger partial charge in [-0.05, 0) is 20.0 Å². The largest absolute Gasteiger partial charge is 0.403 e. The van der Waals surface area contributed by atoms with Gasteiger partial charge < -0.3 is 52.2 Å². The van der Waals surface area contributed by atoms with Crippen LogP contribution in [0.4, 0.5) is 0 Å². The van der Waals surface area contributed by atoms with Crippen molar-refractivity contribution in [3.05, 3.63) is 61.6 Å². The molecule has 0 unspecified atom stereocenters. The van der Waals surface area contributed by atoms with Gasteiger partial charge in [-0.15, -0.1) is 6.07 Å². The van der Waals surface area contributed by atoms with E-state index in [0.29, 0.717) is 31.9 Å². The fourth-order valence-corrected chi connectivity index (χ4v) is 2.06. The molecule has 3 rings (SSSR count). The number of nitrogens with zero attached hydrogens (tertiary/aromatic N) is 6. The first-order valence-electron chi connectivity index (χ1n) is 9.80. The summed E-state index contributed by atoms with van der Waals surface area (Å²) in [6.07, 6.45) is 10.1. The van der Waals surface area contributed by atoms with Gasteiger partial charge in [0, 0.05) is 109 Å². The van der Waals surface area contributed by atoms with E-state index in [1.54, 1.807) is 32.4 Å². The fraction of sp³-hybridized carbons (Fsp3) is 0.476. The summed E-state index contributed by atoms with van der Waals surface area (Å²) in [5, 5.41) is 0. The third-order valence-electron chi connectivity index (χ3n) is 3.31. The van der Waals surface area contributed by atoms with Gasteiger partial charge in [-0.3, -0.25) is 4.98 Å². The molecule has 11 heteroatoms. The van der Waals surface area contributed by atoms with Crippen molar-refractivity contribution in [3.8, 4) is 0 Å². The fourth-order valence-electron chi connectivity index (χ4n) is 2.06. The quantitative estimate of drug-likeness (QED) is 0.292. The van der Waals surface area contributed by atoms with Gasteiger partial charge in [0.05, 0.1) is 19.5 Å². The molecule has 0 bridgehead atoms. The molecule has 2 radical (unpaired) electrons. The number of hydrogen-bond donors (Lipinski definition) is 0. The van der Waals surface area contributed by atoms with Crippen LogP contribution in [-0.4, -0.2) is 55.5 Å². The number of rotatable bonds is 8. The van der Waals surface area contributed by atoms with E-state index in [1.807, 2.05) is 18.4 Å². The maximum atomic E-state index is 11.0. The summed E-state index contributed by atoms with van der Waals surface area (Å²) in [5.41, 5.74) is 1.22. The summed E-state index contributed by atoms with van der Waals surface area (Å²) >= 11 is 0. The van der Waals surface area contributed by atoms with E-state index >= 15 is 0 Å². The summed E-state index contributed by atoms with van der Waals surface area (Å²) < 4.78 is 13.8. The van der Waals surface area contributed by atoms with Crippen LogP contribution < -0.4 is 5.69 Å². The smallest absolute Gasteiger partial charge is 0.230 e. The van der Waals surface area contributed by atoms with Crippen LogP contribution in [0.2, 0.25) is 0 Å². The van der Waals surface area contributed by atoms with Crippen molar-refractivity contribution in [3.63, 3.8) is 0 Å². The van der Waals surface area contributed by atoms with Gasteiger partial charge in [-0.2, -0.15) is 13.8 Å². The van der Waals surface area contributed by atoms with E-state index in [4.69, 9.17) is 9.47 Å². The molecule has 0 fully saturated rings. The van der Waals surface area contributed by atoms with Crippen molar-refractivity contribution in [2.45, 2.75) is 40.8 Å². The van der Waals surface area contributed by atoms with Crippen molar-refractivity contribution in [2.75, 3.05) is 26.4 Å². The first kappa shape index (κ1) is 36.1. The SMILES string of the molecule is CCOCCn1cc[c-]nc1=O.CCOCCn1cnc2[c-]ncnc21.[CH2-]C.[CH2-]C.[Y].[Y]. The van der Waals surface area contributed by atoms with Crippen LogP contribution in [0.1, 0.15) is 27.7 Å². The second-order valence-corrected chi connectivity index (χ2v) is 5.02. The molecule has 174 valence electrons. The third kappa shape index (κ3) is 14.7. The molecule has 32 heavy (non-hydrogen) atoms. The molecule has 9 nitrogen and oxygen atoms in total. The summed E-state index contributed by atoms with van der Waals surface area (Å²) in [7, 11) is 0. The molecule has 0 aliphatic carbocycles. The Morgan fingerprint density at radius 3 is 2.12 bits per heavy atom. The van der Waals surface area contributed by atoms with Gasteiger partial charge in [0.1, 0.15) is 0 Å². The zero-order chi connectivity index (χ0) is 22.6. The first-order valence-corrected chi connectivity index (χ1v) is 9.80. The van der Waals surface area contributed by atoms with E-state index < -0.39 is 0 Å². The van der Waals surface area contributed by atoms with Crippen LogP contribution in [0.3, 0.4) is 0 Å². The maximum absolute atomic E-state index is 11.0. The Morgan fingerprint density at radius 1 is 0.969 bits per heavy atom. The van der Waals surface area contributed by atoms with Gasteiger partial charge in [-0.1, -0.05) is 12.4 Å². The minimum Gasteiger partial charge on any atom is -0.403 e. The Kier molecular flexibility index (Phi) is 28.4. The van der Waals surface area contributed by atoms with Crippen molar-refractivity contribution >= 4 is 11.2 Å². The van der Waals surface area contributed by atoms with Gasteiger partial charge in [-0.25, -0.2) is 0 Å². The minimum atomic E-state index is -0.280. The molecule has 0 atom stereocenters. The summed E-state index contributed by atoms with van der Waals surface area (Å²) in [5.74, 6) is 0. The Hall–Kier alpha value is -0.442. The molecular formula is C21H32N6O3Y2-4. The Bertz CT molecular complexity index is 845. The molecule has 0 aliphatic rings. The van der Waals surface area contributed by atoms with E-state index in [2.05, 4.69) is 46.2 Å². The topological polar surface area (TPSA) is 97.0 Å². The molecule has 3 aromatic heterocycles. The number of hydrogen-bond acceptors (Lipinski definition) is 7. The molecule has 0 spiro atoms. The van der Waals surface area contributed by atoms with Crippen molar-refractivity contribution in [1.29, 1.82) is 0 Å². The minimum absolute atomic E-state index is 0. The molecule has 0 N–H and O–H groups in total. The van der Waals surface area contributed by atoms with E-state index in [9.17, 15) is 4.79 Å². The molecule has 0 aromatic carbocycles. The molecule has 0 saturated heterocycles. The van der Waals surface area contributed by atoms with Crippen LogP contribution in [0.15, 0.2) is 29.7 Å². The van der Waals surface area contributed by atoms with Crippen molar-refractivity contribution < 1.29 is 74.9 Å². The van der Waals surface area contributed by atoms with Gasteiger partial charge >= 0.3 is 0 Å². The Morgan fingerprint density at radius 2 is 1.56 bits per heavy atom. The summed E-state index contributed by atoms with van der Waals surface area (Å²) in [4.78, 5) is 26.5. The molecular weight excluding hydrogens is 562 g/mol. The molecule has 0 aliphatic heterocycles. The number of ether oxygens (including phenoxy) is 2. The van der Waals surface area contributed by atoms with E-state index in [1.165, 1.54) is 10.9 Å². The normalized spacial score (nSPS) is 8.94. The van der Waals surface area contributed by atoms with Crippen LogP contribution >= 0.6 is 0 Å². The number of imidazole rings is 1. The zero-order valence-electron chi connectivity index (χ0n) is 19.5. The zero-order valence-corrected chi connectivity index (χ0v) is 25.2. The number of aromatic nitrogens is 6. The molecule has 3 aromatic rings. The van der Waals surface area contributed by atoms with Crippen LogP contribution in [0, 0.1) is 26.2 Å². The molecule has 0 saturated carbocycles. The first-order chi connectivity index (χ1) is 14.8. The standard InChI is InChI=1S/C9H11N4O.C8H11N2O2.2C2H5.2Y/c1-2-14-4-3-13-7-12-8-5-10-6-11-9(8)13;1-2-12-7-6-10-5-3-4-9-8(10)11;2*1-2;;/h6-7H,2-4H2,1H3;3,5H,2,6-7H2,1H3;2*1H2,2H3;;/q4*-1;;. The van der Waals surface area contributed by atoms with Crippen LogP contribution in [0.25, 0.3) is 11.2 Å². The van der Waals surface area contributed by atoms with Crippen LogP contribution in [0.5, 0.6) is 0 Å². The maximum Gasteiger partial charge on any atom is 0.230 e. The predicted molar refractivity (Wildman–Crippen MR) is 117 cm³/mol. The Balaban J connectivity index is -0.000000435. The van der Waals surface area contributed by atoms with E-state index in [-0.39, 0.29) is 71.1 Å². The monoisotopic (exact) mass is 594 g/mol. The van der Waals surface area contributed by atoms with E-state index in [0.717, 1.165) is 18.8 Å². The molecule has 3 heterocycles. The van der Waals surface area contributed by atoms with Gasteiger partial charge in [0.25, 0.3) is 0 Å². The van der Waals surface area contributed by atoms with Gasteiger partial charge in [0.15, 0.2) is 0 Å².